The minimum atomic E-state index is 0.877. The molecule has 0 atom stereocenters. The Morgan fingerprint density at radius 3 is 3.00 bits per heavy atom. The van der Waals surface area contributed by atoms with Crippen molar-refractivity contribution in [3.8, 4) is 0 Å². The highest BCUT2D eigenvalue weighted by molar-refractivity contribution is 5.56. The first-order valence-electron chi connectivity index (χ1n) is 5.48. The molecule has 0 aromatic heterocycles. The second-order valence-corrected chi connectivity index (χ2v) is 4.40. The summed E-state index contributed by atoms with van der Waals surface area (Å²) in [7, 11) is 0. The molecule has 14 heavy (non-hydrogen) atoms. The number of anilines is 1. The minimum Gasteiger partial charge on any atom is -0.384 e. The van der Waals surface area contributed by atoms with Gasteiger partial charge >= 0.3 is 0 Å². The van der Waals surface area contributed by atoms with Gasteiger partial charge in [0.1, 0.15) is 0 Å². The molecule has 1 aromatic rings. The molecule has 0 spiro atoms. The fraction of sp³-hybridized carbons (Fsp3) is 0.500. The molecule has 2 heteroatoms. The summed E-state index contributed by atoms with van der Waals surface area (Å²) in [4.78, 5) is 0. The molecular formula is C12H16N2. The maximum Gasteiger partial charge on any atom is 0.0373 e. The number of hydrogen-bond acceptors (Lipinski definition) is 2. The maximum atomic E-state index is 3.40. The summed E-state index contributed by atoms with van der Waals surface area (Å²) in [6.45, 7) is 3.52. The van der Waals surface area contributed by atoms with Gasteiger partial charge in [0, 0.05) is 12.2 Å². The topological polar surface area (TPSA) is 24.1 Å². The molecule has 1 saturated heterocycles. The molecule has 0 aliphatic carbocycles. The highest BCUT2D eigenvalue weighted by Crippen LogP contribution is 2.24. The van der Waals surface area contributed by atoms with Crippen LogP contribution in [0.2, 0.25) is 0 Å². The molecule has 2 heterocycles. The highest BCUT2D eigenvalue weighted by atomic mass is 14.9. The molecule has 2 N–H and O–H groups in total. The van der Waals surface area contributed by atoms with E-state index in [0.717, 1.165) is 12.5 Å². The van der Waals surface area contributed by atoms with E-state index in [1.807, 2.05) is 0 Å². The number of nitrogens with one attached hydrogen (secondary N) is 2. The third-order valence-corrected chi connectivity index (χ3v) is 3.27. The Kier molecular flexibility index (Phi) is 1.95. The summed E-state index contributed by atoms with van der Waals surface area (Å²) in [6.07, 6.45) is 2.45. The van der Waals surface area contributed by atoms with Crippen LogP contribution in [0.5, 0.6) is 0 Å². The van der Waals surface area contributed by atoms with Crippen molar-refractivity contribution in [2.45, 2.75) is 12.8 Å². The van der Waals surface area contributed by atoms with Gasteiger partial charge in [0.05, 0.1) is 0 Å². The van der Waals surface area contributed by atoms with Crippen molar-refractivity contribution in [3.63, 3.8) is 0 Å². The lowest BCUT2D eigenvalue weighted by Crippen LogP contribution is -2.43. The molecule has 3 rings (SSSR count). The van der Waals surface area contributed by atoms with Gasteiger partial charge < -0.3 is 10.6 Å². The Morgan fingerprint density at radius 2 is 2.21 bits per heavy atom. The fourth-order valence-electron chi connectivity index (χ4n) is 2.31. The first-order chi connectivity index (χ1) is 6.92. The van der Waals surface area contributed by atoms with E-state index in [1.54, 1.807) is 0 Å². The van der Waals surface area contributed by atoms with Crippen LogP contribution >= 0.6 is 0 Å². The van der Waals surface area contributed by atoms with Gasteiger partial charge in [-0.3, -0.25) is 0 Å². The van der Waals surface area contributed by atoms with Crippen LogP contribution in [-0.4, -0.2) is 19.6 Å². The second kappa shape index (κ2) is 3.28. The lowest BCUT2D eigenvalue weighted by atomic mass is 9.93. The summed E-state index contributed by atoms with van der Waals surface area (Å²) >= 11 is 0. The molecule has 1 aromatic carbocycles. The van der Waals surface area contributed by atoms with Gasteiger partial charge in [0.25, 0.3) is 0 Å². The Hall–Kier alpha value is -1.02. The van der Waals surface area contributed by atoms with Crippen molar-refractivity contribution in [2.75, 3.05) is 25.0 Å². The van der Waals surface area contributed by atoms with E-state index in [1.165, 1.54) is 42.7 Å². The standard InChI is InChI=1S/C12H16N2/c1-2-12-11(3-4-14-12)6-9(1)5-10-7-13-8-10/h1-2,6,10,13-14H,3-5,7-8H2. The van der Waals surface area contributed by atoms with Crippen LogP contribution in [0.4, 0.5) is 5.69 Å². The van der Waals surface area contributed by atoms with E-state index in [9.17, 15) is 0 Å². The van der Waals surface area contributed by atoms with Gasteiger partial charge in [-0.2, -0.15) is 0 Å². The monoisotopic (exact) mass is 188 g/mol. The molecule has 0 unspecified atom stereocenters. The van der Waals surface area contributed by atoms with Crippen LogP contribution in [-0.2, 0) is 12.8 Å². The van der Waals surface area contributed by atoms with Crippen molar-refractivity contribution in [2.24, 2.45) is 5.92 Å². The van der Waals surface area contributed by atoms with E-state index in [-0.39, 0.29) is 0 Å². The van der Waals surface area contributed by atoms with Crippen LogP contribution < -0.4 is 10.6 Å². The molecule has 0 amide bonds. The zero-order chi connectivity index (χ0) is 9.38. The van der Waals surface area contributed by atoms with Crippen LogP contribution in [0.15, 0.2) is 18.2 Å². The minimum absolute atomic E-state index is 0.877. The lowest BCUT2D eigenvalue weighted by molar-refractivity contribution is 0.346. The van der Waals surface area contributed by atoms with Crippen LogP contribution in [0.1, 0.15) is 11.1 Å². The van der Waals surface area contributed by atoms with E-state index >= 15 is 0 Å². The van der Waals surface area contributed by atoms with Crippen LogP contribution in [0.3, 0.4) is 0 Å². The van der Waals surface area contributed by atoms with Gasteiger partial charge in [0.15, 0.2) is 0 Å². The normalized spacial score (nSPS) is 20.0. The average molecular weight is 188 g/mol. The smallest absolute Gasteiger partial charge is 0.0373 e. The molecule has 2 aliphatic rings. The average Bonchev–Trinajstić information content (AvgIpc) is 2.58. The van der Waals surface area contributed by atoms with Gasteiger partial charge in [-0.15, -0.1) is 0 Å². The first kappa shape index (κ1) is 8.30. The van der Waals surface area contributed by atoms with Gasteiger partial charge in [-0.05, 0) is 49.0 Å². The zero-order valence-corrected chi connectivity index (χ0v) is 8.34. The predicted octanol–water partition coefficient (Wildman–Crippen LogP) is 1.42. The lowest BCUT2D eigenvalue weighted by Gasteiger charge is -2.27. The van der Waals surface area contributed by atoms with Crippen molar-refractivity contribution >= 4 is 5.69 Å². The molecular weight excluding hydrogens is 172 g/mol. The predicted molar refractivity (Wildman–Crippen MR) is 58.7 cm³/mol. The summed E-state index contributed by atoms with van der Waals surface area (Å²) in [6, 6.07) is 6.90. The maximum absolute atomic E-state index is 3.40. The van der Waals surface area contributed by atoms with Gasteiger partial charge in [-0.25, -0.2) is 0 Å². The number of fused-ring (bicyclic) bond motifs is 1. The molecule has 74 valence electrons. The summed E-state index contributed by atoms with van der Waals surface area (Å²) < 4.78 is 0. The van der Waals surface area contributed by atoms with Gasteiger partial charge in [-0.1, -0.05) is 12.1 Å². The van der Waals surface area contributed by atoms with Crippen molar-refractivity contribution in [1.29, 1.82) is 0 Å². The van der Waals surface area contributed by atoms with E-state index in [4.69, 9.17) is 0 Å². The van der Waals surface area contributed by atoms with E-state index in [0.29, 0.717) is 0 Å². The molecule has 0 bridgehead atoms. The third kappa shape index (κ3) is 1.40. The summed E-state index contributed by atoms with van der Waals surface area (Å²) in [5, 5.41) is 6.72. The van der Waals surface area contributed by atoms with Crippen molar-refractivity contribution in [3.05, 3.63) is 29.3 Å². The van der Waals surface area contributed by atoms with E-state index < -0.39 is 0 Å². The number of hydrogen-bond donors (Lipinski definition) is 2. The summed E-state index contributed by atoms with van der Waals surface area (Å²) in [5.74, 6) is 0.877. The third-order valence-electron chi connectivity index (χ3n) is 3.27. The molecule has 1 fully saturated rings. The quantitative estimate of drug-likeness (QED) is 0.733. The second-order valence-electron chi connectivity index (χ2n) is 4.40. The number of benzene rings is 1. The summed E-state index contributed by atoms with van der Waals surface area (Å²) in [5.41, 5.74) is 4.37. The van der Waals surface area contributed by atoms with Crippen molar-refractivity contribution < 1.29 is 0 Å². The Bertz CT molecular complexity index is 342. The van der Waals surface area contributed by atoms with Crippen LogP contribution in [0, 0.1) is 5.92 Å². The largest absolute Gasteiger partial charge is 0.384 e. The Morgan fingerprint density at radius 1 is 1.29 bits per heavy atom. The molecule has 0 saturated carbocycles. The van der Waals surface area contributed by atoms with Crippen LogP contribution in [0.25, 0.3) is 0 Å². The Labute approximate surface area is 84.7 Å². The van der Waals surface area contributed by atoms with Crippen molar-refractivity contribution in [1.82, 2.24) is 5.32 Å². The highest BCUT2D eigenvalue weighted by Gasteiger charge is 2.18. The van der Waals surface area contributed by atoms with E-state index in [2.05, 4.69) is 28.8 Å². The molecule has 2 nitrogen and oxygen atoms in total. The zero-order valence-electron chi connectivity index (χ0n) is 8.34. The number of rotatable bonds is 2. The van der Waals surface area contributed by atoms with Gasteiger partial charge in [0.2, 0.25) is 0 Å². The SMILES string of the molecule is c1cc2c(cc1CC1CNC1)CCN2. The fourth-order valence-corrected chi connectivity index (χ4v) is 2.31. The first-order valence-corrected chi connectivity index (χ1v) is 5.48. The molecule has 2 aliphatic heterocycles. The Balaban J connectivity index is 1.78. The molecule has 0 radical (unpaired) electrons.